The second-order valence-electron chi connectivity index (χ2n) is 3.54. The molecule has 0 aromatic carbocycles. The number of hydrogen-bond donors (Lipinski definition) is 2. The van der Waals surface area contributed by atoms with E-state index < -0.39 is 11.2 Å². The predicted octanol–water partition coefficient (Wildman–Crippen LogP) is 0.413. The number of rotatable bonds is 4. The molecular weight excluding hydrogens is 264 g/mol. The van der Waals surface area contributed by atoms with Crippen molar-refractivity contribution < 1.29 is 14.7 Å². The predicted molar refractivity (Wildman–Crippen MR) is 77.9 cm³/mol. The molecule has 0 aliphatic rings. The van der Waals surface area contributed by atoms with Crippen molar-refractivity contribution in [3.8, 4) is 0 Å². The van der Waals surface area contributed by atoms with Gasteiger partial charge in [-0.3, -0.25) is 9.78 Å². The summed E-state index contributed by atoms with van der Waals surface area (Å²) in [6.45, 7) is 7.72. The number of aliphatic hydroxyl groups is 1. The lowest BCUT2D eigenvalue weighted by Gasteiger charge is -2.14. The zero-order valence-corrected chi connectivity index (χ0v) is 13.0. The van der Waals surface area contributed by atoms with Crippen LogP contribution in [-0.2, 0) is 4.74 Å². The molecule has 0 spiro atoms. The summed E-state index contributed by atoms with van der Waals surface area (Å²) in [6.07, 6.45) is 1.79. The smallest absolute Gasteiger partial charge is 0.361 e. The van der Waals surface area contributed by atoms with Crippen LogP contribution in [0.15, 0.2) is 21.9 Å². The number of nitrogens with one attached hydrogen (secondary N) is 1. The van der Waals surface area contributed by atoms with Gasteiger partial charge in [0.2, 0.25) is 0 Å². The van der Waals surface area contributed by atoms with Crippen molar-refractivity contribution in [2.24, 2.45) is 0 Å². The van der Waals surface area contributed by atoms with Gasteiger partial charge in [-0.1, -0.05) is 20.8 Å². The van der Waals surface area contributed by atoms with Crippen molar-refractivity contribution in [2.45, 2.75) is 46.3 Å². The Kier molecular flexibility index (Phi) is 12.9. The zero-order valence-electron chi connectivity index (χ0n) is 13.0. The van der Waals surface area contributed by atoms with Crippen LogP contribution in [0.5, 0.6) is 0 Å². The SMILES string of the molecule is CC.CCC(OC)C(C)O.COn1ccc(=O)[nH]c1=O. The molecule has 0 fully saturated rings. The molecule has 118 valence electrons. The van der Waals surface area contributed by atoms with Crippen molar-refractivity contribution in [1.82, 2.24) is 9.71 Å². The molecule has 0 bridgehead atoms. The number of aliphatic hydroxyl groups excluding tert-OH is 1. The van der Waals surface area contributed by atoms with E-state index in [1.165, 1.54) is 19.4 Å². The summed E-state index contributed by atoms with van der Waals surface area (Å²) >= 11 is 0. The van der Waals surface area contributed by atoms with Gasteiger partial charge in [0.05, 0.1) is 18.4 Å². The lowest BCUT2D eigenvalue weighted by molar-refractivity contribution is -0.00371. The standard InChI is InChI=1S/C6H14O2.C5H6N2O3.C2H6/c1-4-6(8-3)5(2)7;1-10-7-3-2-4(8)6-5(7)9;1-2/h5-7H,4H2,1-3H3;2-3H,1H3,(H,6,8,9);1-2H3. The molecular formula is C13H26N2O5. The maximum Gasteiger partial charge on any atom is 0.361 e. The van der Waals surface area contributed by atoms with Gasteiger partial charge in [-0.2, -0.15) is 0 Å². The Bertz CT molecular complexity index is 435. The molecule has 0 saturated carbocycles. The molecule has 0 radical (unpaired) electrons. The van der Waals surface area contributed by atoms with E-state index in [4.69, 9.17) is 9.84 Å². The minimum absolute atomic E-state index is 0.00926. The molecule has 20 heavy (non-hydrogen) atoms. The first kappa shape index (κ1) is 20.7. The number of methoxy groups -OCH3 is 1. The van der Waals surface area contributed by atoms with Crippen molar-refractivity contribution in [3.05, 3.63) is 33.1 Å². The van der Waals surface area contributed by atoms with Gasteiger partial charge in [0, 0.05) is 13.2 Å². The number of ether oxygens (including phenoxy) is 1. The van der Waals surface area contributed by atoms with Crippen LogP contribution in [-0.4, -0.2) is 41.2 Å². The Morgan fingerprint density at radius 2 is 1.90 bits per heavy atom. The van der Waals surface area contributed by atoms with E-state index >= 15 is 0 Å². The molecule has 1 rings (SSSR count). The quantitative estimate of drug-likeness (QED) is 0.838. The molecule has 2 atom stereocenters. The topological polar surface area (TPSA) is 93.5 Å². The molecule has 1 heterocycles. The van der Waals surface area contributed by atoms with Gasteiger partial charge in [0.25, 0.3) is 5.56 Å². The van der Waals surface area contributed by atoms with Gasteiger partial charge in [0.15, 0.2) is 0 Å². The fraction of sp³-hybridized carbons (Fsp3) is 0.692. The van der Waals surface area contributed by atoms with Crippen molar-refractivity contribution in [2.75, 3.05) is 14.2 Å². The van der Waals surface area contributed by atoms with E-state index in [1.54, 1.807) is 14.0 Å². The number of aromatic amines is 1. The van der Waals surface area contributed by atoms with E-state index in [0.29, 0.717) is 0 Å². The largest absolute Gasteiger partial charge is 0.413 e. The molecule has 7 nitrogen and oxygen atoms in total. The van der Waals surface area contributed by atoms with Gasteiger partial charge in [-0.05, 0) is 13.3 Å². The van der Waals surface area contributed by atoms with Gasteiger partial charge in [0.1, 0.15) is 7.11 Å². The number of aromatic nitrogens is 2. The highest BCUT2D eigenvalue weighted by molar-refractivity contribution is 4.79. The van der Waals surface area contributed by atoms with Crippen LogP contribution in [0.3, 0.4) is 0 Å². The average molecular weight is 290 g/mol. The molecule has 0 amide bonds. The summed E-state index contributed by atoms with van der Waals surface area (Å²) in [7, 11) is 2.95. The Hall–Kier alpha value is -1.60. The summed E-state index contributed by atoms with van der Waals surface area (Å²) in [5.41, 5.74) is -1.01. The number of nitrogens with zero attached hydrogens (tertiary/aromatic N) is 1. The second kappa shape index (κ2) is 12.4. The van der Waals surface area contributed by atoms with Crippen LogP contribution in [0.1, 0.15) is 34.1 Å². The summed E-state index contributed by atoms with van der Waals surface area (Å²) in [5.74, 6) is 0. The second-order valence-corrected chi connectivity index (χ2v) is 3.54. The molecule has 0 aliphatic heterocycles. The molecule has 2 N–H and O–H groups in total. The van der Waals surface area contributed by atoms with Gasteiger partial charge in [-0.25, -0.2) is 4.79 Å². The zero-order chi connectivity index (χ0) is 16.1. The monoisotopic (exact) mass is 290 g/mol. The Morgan fingerprint density at radius 3 is 2.15 bits per heavy atom. The first-order valence-electron chi connectivity index (χ1n) is 6.53. The number of hydrogen-bond acceptors (Lipinski definition) is 5. The normalized spacial score (nSPS) is 12.2. The van der Waals surface area contributed by atoms with Crippen LogP contribution >= 0.6 is 0 Å². The highest BCUT2D eigenvalue weighted by atomic mass is 16.6. The van der Waals surface area contributed by atoms with Crippen LogP contribution in [0, 0.1) is 0 Å². The average Bonchev–Trinajstić information content (AvgIpc) is 2.43. The Morgan fingerprint density at radius 1 is 1.35 bits per heavy atom. The highest BCUT2D eigenvalue weighted by Gasteiger charge is 2.09. The molecule has 0 aliphatic carbocycles. The Labute approximate surface area is 119 Å². The molecule has 1 aromatic heterocycles. The third kappa shape index (κ3) is 8.49. The van der Waals surface area contributed by atoms with Crippen molar-refractivity contribution >= 4 is 0 Å². The molecule has 1 aromatic rings. The summed E-state index contributed by atoms with van der Waals surface area (Å²) in [4.78, 5) is 27.6. The third-order valence-electron chi connectivity index (χ3n) is 2.23. The van der Waals surface area contributed by atoms with Crippen LogP contribution in [0.4, 0.5) is 0 Å². The Balaban J connectivity index is 0. The fourth-order valence-electron chi connectivity index (χ4n) is 1.25. The summed E-state index contributed by atoms with van der Waals surface area (Å²) < 4.78 is 5.83. The lowest BCUT2D eigenvalue weighted by atomic mass is 10.2. The first-order chi connectivity index (χ1) is 9.46. The van der Waals surface area contributed by atoms with E-state index in [9.17, 15) is 9.59 Å². The summed E-state index contributed by atoms with van der Waals surface area (Å²) in [5, 5.41) is 8.89. The number of H-pyrrole nitrogens is 1. The van der Waals surface area contributed by atoms with Gasteiger partial charge in [-0.15, -0.1) is 4.73 Å². The van der Waals surface area contributed by atoms with Crippen molar-refractivity contribution in [1.29, 1.82) is 0 Å². The van der Waals surface area contributed by atoms with Crippen LogP contribution in [0.2, 0.25) is 0 Å². The first-order valence-corrected chi connectivity index (χ1v) is 6.53. The lowest BCUT2D eigenvalue weighted by Crippen LogP contribution is -2.31. The molecule has 7 heteroatoms. The minimum atomic E-state index is -0.574. The molecule has 0 saturated heterocycles. The van der Waals surface area contributed by atoms with E-state index in [2.05, 4.69) is 4.84 Å². The van der Waals surface area contributed by atoms with Gasteiger partial charge >= 0.3 is 5.69 Å². The maximum absolute atomic E-state index is 10.7. The van der Waals surface area contributed by atoms with Crippen LogP contribution < -0.4 is 16.1 Å². The summed E-state index contributed by atoms with van der Waals surface area (Å²) in [6, 6.07) is 1.20. The minimum Gasteiger partial charge on any atom is -0.413 e. The van der Waals surface area contributed by atoms with Crippen LogP contribution in [0.25, 0.3) is 0 Å². The van der Waals surface area contributed by atoms with E-state index in [1.807, 2.05) is 25.8 Å². The maximum atomic E-state index is 10.7. The van der Waals surface area contributed by atoms with E-state index in [0.717, 1.165) is 11.2 Å². The third-order valence-corrected chi connectivity index (χ3v) is 2.23. The van der Waals surface area contributed by atoms with Crippen molar-refractivity contribution in [3.63, 3.8) is 0 Å². The molecule has 2 unspecified atom stereocenters. The van der Waals surface area contributed by atoms with E-state index in [-0.39, 0.29) is 12.2 Å². The fourth-order valence-corrected chi connectivity index (χ4v) is 1.25. The highest BCUT2D eigenvalue weighted by Crippen LogP contribution is 2.00. The van der Waals surface area contributed by atoms with Gasteiger partial charge < -0.3 is 14.7 Å².